The zero-order valence-corrected chi connectivity index (χ0v) is 13.7. The standard InChI is InChI=1S/C19H32O/c1-5-13-11(4)14-8-15(13)18-12-6-16(19(14)18)17(7-12)20-9-10(2)3/h10-19H,5-9H2,1-4H3. The maximum atomic E-state index is 6.30. The predicted molar refractivity (Wildman–Crippen MR) is 82.3 cm³/mol. The third-order valence-electron chi connectivity index (χ3n) is 7.62. The lowest BCUT2D eigenvalue weighted by Gasteiger charge is -2.44. The van der Waals surface area contributed by atoms with Crippen LogP contribution >= 0.6 is 0 Å². The van der Waals surface area contributed by atoms with Gasteiger partial charge in [0.05, 0.1) is 6.10 Å². The summed E-state index contributed by atoms with van der Waals surface area (Å²) in [6, 6.07) is 0. The first-order valence-electron chi connectivity index (χ1n) is 9.23. The van der Waals surface area contributed by atoms with Gasteiger partial charge in [-0.3, -0.25) is 0 Å². The van der Waals surface area contributed by atoms with Gasteiger partial charge in [0, 0.05) is 6.61 Å². The molecule has 0 heterocycles. The fourth-order valence-electron chi connectivity index (χ4n) is 7.17. The van der Waals surface area contributed by atoms with E-state index in [4.69, 9.17) is 4.74 Å². The molecule has 0 amide bonds. The van der Waals surface area contributed by atoms with Gasteiger partial charge in [-0.25, -0.2) is 0 Å². The van der Waals surface area contributed by atoms with E-state index in [1.807, 2.05) is 0 Å². The molecule has 0 saturated heterocycles. The highest BCUT2D eigenvalue weighted by Gasteiger charge is 2.66. The molecule has 0 aromatic rings. The van der Waals surface area contributed by atoms with Crippen LogP contribution in [-0.4, -0.2) is 12.7 Å². The summed E-state index contributed by atoms with van der Waals surface area (Å²) < 4.78 is 6.30. The Hall–Kier alpha value is -0.0400. The fourth-order valence-corrected chi connectivity index (χ4v) is 7.17. The Bertz CT molecular complexity index is 376. The summed E-state index contributed by atoms with van der Waals surface area (Å²) in [6.07, 6.45) is 6.52. The van der Waals surface area contributed by atoms with Gasteiger partial charge in [-0.1, -0.05) is 34.1 Å². The quantitative estimate of drug-likeness (QED) is 0.681. The Morgan fingerprint density at radius 2 is 1.80 bits per heavy atom. The van der Waals surface area contributed by atoms with Gasteiger partial charge in [0.15, 0.2) is 0 Å². The largest absolute Gasteiger partial charge is 0.378 e. The van der Waals surface area contributed by atoms with Crippen molar-refractivity contribution in [3.05, 3.63) is 0 Å². The van der Waals surface area contributed by atoms with E-state index < -0.39 is 0 Å². The van der Waals surface area contributed by atoms with E-state index in [0.717, 1.165) is 54.0 Å². The molecular formula is C19H32O. The van der Waals surface area contributed by atoms with Crippen molar-refractivity contribution in [2.75, 3.05) is 6.61 Å². The lowest BCUT2D eigenvalue weighted by atomic mass is 9.63. The Morgan fingerprint density at radius 1 is 1.00 bits per heavy atom. The molecule has 4 aliphatic rings. The highest BCUT2D eigenvalue weighted by molar-refractivity contribution is 5.14. The predicted octanol–water partition coefficient (Wildman–Crippen LogP) is 4.61. The molecule has 0 aromatic heterocycles. The molecule has 4 aliphatic carbocycles. The van der Waals surface area contributed by atoms with Crippen molar-refractivity contribution in [2.24, 2.45) is 53.3 Å². The lowest BCUT2D eigenvalue weighted by molar-refractivity contribution is -0.0522. The molecule has 4 saturated carbocycles. The van der Waals surface area contributed by atoms with Gasteiger partial charge in [-0.2, -0.15) is 0 Å². The minimum atomic E-state index is 0.621. The lowest BCUT2D eigenvalue weighted by Crippen LogP contribution is -2.41. The van der Waals surface area contributed by atoms with Gasteiger partial charge >= 0.3 is 0 Å². The maximum Gasteiger partial charge on any atom is 0.0609 e. The summed E-state index contributed by atoms with van der Waals surface area (Å²) in [4.78, 5) is 0. The van der Waals surface area contributed by atoms with Crippen LogP contribution in [0.2, 0.25) is 0 Å². The van der Waals surface area contributed by atoms with E-state index in [1.54, 1.807) is 6.42 Å². The Kier molecular flexibility index (Phi) is 3.22. The number of hydrogen-bond acceptors (Lipinski definition) is 1. The van der Waals surface area contributed by atoms with Gasteiger partial charge in [0.2, 0.25) is 0 Å². The van der Waals surface area contributed by atoms with Crippen LogP contribution in [-0.2, 0) is 4.74 Å². The van der Waals surface area contributed by atoms with Crippen LogP contribution in [0.25, 0.3) is 0 Å². The summed E-state index contributed by atoms with van der Waals surface area (Å²) in [6.45, 7) is 10.5. The van der Waals surface area contributed by atoms with Crippen LogP contribution < -0.4 is 0 Å². The van der Waals surface area contributed by atoms with Crippen LogP contribution in [0.15, 0.2) is 0 Å². The van der Waals surface area contributed by atoms with E-state index in [0.29, 0.717) is 12.0 Å². The van der Waals surface area contributed by atoms with Crippen molar-refractivity contribution >= 4 is 0 Å². The average Bonchev–Trinajstić information content (AvgIpc) is 3.12. The van der Waals surface area contributed by atoms with Gasteiger partial charge in [-0.05, 0) is 72.5 Å². The number of rotatable bonds is 4. The molecule has 9 unspecified atom stereocenters. The molecule has 4 bridgehead atoms. The minimum absolute atomic E-state index is 0.621. The molecule has 9 atom stereocenters. The third-order valence-corrected chi connectivity index (χ3v) is 7.62. The highest BCUT2D eigenvalue weighted by Crippen LogP contribution is 2.70. The van der Waals surface area contributed by atoms with E-state index in [9.17, 15) is 0 Å². The third kappa shape index (κ3) is 1.71. The number of ether oxygens (including phenoxy) is 1. The van der Waals surface area contributed by atoms with Gasteiger partial charge in [0.1, 0.15) is 0 Å². The zero-order chi connectivity index (χ0) is 14.0. The average molecular weight is 276 g/mol. The molecule has 0 spiro atoms. The molecule has 20 heavy (non-hydrogen) atoms. The van der Waals surface area contributed by atoms with Gasteiger partial charge < -0.3 is 4.74 Å². The zero-order valence-electron chi connectivity index (χ0n) is 13.7. The normalized spacial score (nSPS) is 56.0. The summed E-state index contributed by atoms with van der Waals surface area (Å²) in [7, 11) is 0. The molecule has 1 heteroatoms. The van der Waals surface area contributed by atoms with E-state index in [2.05, 4.69) is 27.7 Å². The molecular weight excluding hydrogens is 244 g/mol. The summed E-state index contributed by atoms with van der Waals surface area (Å²) in [5.74, 6) is 8.98. The summed E-state index contributed by atoms with van der Waals surface area (Å²) in [5.41, 5.74) is 0. The van der Waals surface area contributed by atoms with E-state index in [1.165, 1.54) is 19.3 Å². The van der Waals surface area contributed by atoms with Crippen molar-refractivity contribution in [3.8, 4) is 0 Å². The van der Waals surface area contributed by atoms with Crippen molar-refractivity contribution in [1.82, 2.24) is 0 Å². The fraction of sp³-hybridized carbons (Fsp3) is 1.00. The van der Waals surface area contributed by atoms with Crippen LogP contribution in [0, 0.1) is 53.3 Å². The Balaban J connectivity index is 1.50. The summed E-state index contributed by atoms with van der Waals surface area (Å²) in [5, 5.41) is 0. The second-order valence-corrected chi connectivity index (χ2v) is 8.81. The second kappa shape index (κ2) is 4.73. The first kappa shape index (κ1) is 13.6. The van der Waals surface area contributed by atoms with Gasteiger partial charge in [-0.15, -0.1) is 0 Å². The van der Waals surface area contributed by atoms with Crippen LogP contribution in [0.1, 0.15) is 53.4 Å². The van der Waals surface area contributed by atoms with Crippen molar-refractivity contribution in [1.29, 1.82) is 0 Å². The molecule has 0 N–H and O–H groups in total. The van der Waals surface area contributed by atoms with Crippen molar-refractivity contribution in [3.63, 3.8) is 0 Å². The van der Waals surface area contributed by atoms with Crippen molar-refractivity contribution < 1.29 is 4.74 Å². The maximum absolute atomic E-state index is 6.30. The topological polar surface area (TPSA) is 9.23 Å². The number of hydrogen-bond donors (Lipinski definition) is 0. The Morgan fingerprint density at radius 3 is 2.50 bits per heavy atom. The monoisotopic (exact) mass is 276 g/mol. The smallest absolute Gasteiger partial charge is 0.0609 e. The first-order chi connectivity index (χ1) is 9.61. The van der Waals surface area contributed by atoms with Crippen LogP contribution in [0.4, 0.5) is 0 Å². The SMILES string of the molecule is CCC1C(C)C2CC1C1C3CC(OCC(C)C)C(C3)C21. The first-order valence-corrected chi connectivity index (χ1v) is 9.23. The minimum Gasteiger partial charge on any atom is -0.378 e. The molecule has 0 aliphatic heterocycles. The molecule has 4 rings (SSSR count). The van der Waals surface area contributed by atoms with Crippen molar-refractivity contribution in [2.45, 2.75) is 59.5 Å². The second-order valence-electron chi connectivity index (χ2n) is 8.81. The van der Waals surface area contributed by atoms with Crippen LogP contribution in [0.3, 0.4) is 0 Å². The summed E-state index contributed by atoms with van der Waals surface area (Å²) >= 11 is 0. The molecule has 114 valence electrons. The molecule has 0 radical (unpaired) electrons. The van der Waals surface area contributed by atoms with E-state index in [-0.39, 0.29) is 0 Å². The molecule has 1 nitrogen and oxygen atoms in total. The highest BCUT2D eigenvalue weighted by atomic mass is 16.5. The Labute approximate surface area is 124 Å². The molecule has 0 aromatic carbocycles. The number of fused-ring (bicyclic) bond motifs is 9. The van der Waals surface area contributed by atoms with Crippen LogP contribution in [0.5, 0.6) is 0 Å². The van der Waals surface area contributed by atoms with E-state index >= 15 is 0 Å². The van der Waals surface area contributed by atoms with Gasteiger partial charge in [0.25, 0.3) is 0 Å². The molecule has 4 fully saturated rings.